The van der Waals surface area contributed by atoms with E-state index >= 15 is 0 Å². The quantitative estimate of drug-likeness (QED) is 0.738. The van der Waals surface area contributed by atoms with Gasteiger partial charge in [0.15, 0.2) is 0 Å². The first-order valence-electron chi connectivity index (χ1n) is 7.21. The number of nitrogen functional groups attached to an aromatic ring is 1. The number of hydrogen-bond donors (Lipinski definition) is 1. The highest BCUT2D eigenvalue weighted by molar-refractivity contribution is 5.66. The molecule has 0 amide bonds. The van der Waals surface area contributed by atoms with E-state index in [0.29, 0.717) is 0 Å². The first kappa shape index (κ1) is 13.4. The Bertz CT molecular complexity index is 729. The summed E-state index contributed by atoms with van der Waals surface area (Å²) in [6.07, 6.45) is 4.93. The van der Waals surface area contributed by atoms with Crippen molar-refractivity contribution in [3.8, 4) is 11.1 Å². The Morgan fingerprint density at radius 2 is 1.86 bits per heavy atom. The topological polar surface area (TPSA) is 43.8 Å². The maximum Gasteiger partial charge on any atom is 0.0659 e. The minimum atomic E-state index is 0.788. The highest BCUT2D eigenvalue weighted by atomic mass is 15.3. The lowest BCUT2D eigenvalue weighted by Gasteiger charge is -2.05. The lowest BCUT2D eigenvalue weighted by molar-refractivity contribution is 0.687. The average Bonchev–Trinajstić information content (AvgIpc) is 2.97. The van der Waals surface area contributed by atoms with E-state index in [1.54, 1.807) is 0 Å². The third-order valence-corrected chi connectivity index (χ3v) is 3.68. The summed E-state index contributed by atoms with van der Waals surface area (Å²) in [5.41, 5.74) is 11.5. The minimum absolute atomic E-state index is 0.788. The van der Waals surface area contributed by atoms with E-state index in [-0.39, 0.29) is 0 Å². The summed E-state index contributed by atoms with van der Waals surface area (Å²) >= 11 is 0. The summed E-state index contributed by atoms with van der Waals surface area (Å²) in [5, 5.41) is 4.45. The molecule has 0 bridgehead atoms. The molecule has 2 N–H and O–H groups in total. The Kier molecular flexibility index (Phi) is 3.73. The van der Waals surface area contributed by atoms with E-state index in [4.69, 9.17) is 5.73 Å². The van der Waals surface area contributed by atoms with Crippen LogP contribution >= 0.6 is 0 Å². The van der Waals surface area contributed by atoms with Crippen LogP contribution in [0.2, 0.25) is 0 Å². The molecule has 0 saturated carbocycles. The van der Waals surface area contributed by atoms with Gasteiger partial charge in [-0.25, -0.2) is 0 Å². The molecule has 0 radical (unpaired) electrons. The fourth-order valence-electron chi connectivity index (χ4n) is 2.46. The van der Waals surface area contributed by atoms with Gasteiger partial charge in [-0.1, -0.05) is 43.3 Å². The molecule has 1 heterocycles. The van der Waals surface area contributed by atoms with Crippen LogP contribution in [0, 0.1) is 0 Å². The average molecular weight is 277 g/mol. The van der Waals surface area contributed by atoms with Crippen LogP contribution in [0.3, 0.4) is 0 Å². The van der Waals surface area contributed by atoms with Crippen molar-refractivity contribution in [3.63, 3.8) is 0 Å². The highest BCUT2D eigenvalue weighted by Gasteiger charge is 2.05. The van der Waals surface area contributed by atoms with Crippen molar-refractivity contribution in [2.45, 2.75) is 19.9 Å². The Balaban J connectivity index is 1.85. The van der Waals surface area contributed by atoms with Gasteiger partial charge in [0, 0.05) is 17.4 Å². The highest BCUT2D eigenvalue weighted by Crippen LogP contribution is 2.24. The summed E-state index contributed by atoms with van der Waals surface area (Å²) in [6.45, 7) is 2.91. The van der Waals surface area contributed by atoms with Crippen LogP contribution in [-0.2, 0) is 13.0 Å². The third kappa shape index (κ3) is 2.97. The van der Waals surface area contributed by atoms with Gasteiger partial charge in [0.2, 0.25) is 0 Å². The summed E-state index contributed by atoms with van der Waals surface area (Å²) in [7, 11) is 0. The molecule has 0 unspecified atom stereocenters. The van der Waals surface area contributed by atoms with Crippen LogP contribution in [0.5, 0.6) is 0 Å². The predicted molar refractivity (Wildman–Crippen MR) is 87.0 cm³/mol. The molecule has 1 aromatic heterocycles. The van der Waals surface area contributed by atoms with Crippen molar-refractivity contribution in [1.82, 2.24) is 9.78 Å². The number of anilines is 1. The Morgan fingerprint density at radius 1 is 1.05 bits per heavy atom. The number of aromatic nitrogens is 2. The maximum absolute atomic E-state index is 5.96. The molecule has 0 aliphatic heterocycles. The van der Waals surface area contributed by atoms with E-state index in [9.17, 15) is 0 Å². The fourth-order valence-corrected chi connectivity index (χ4v) is 2.46. The van der Waals surface area contributed by atoms with Gasteiger partial charge in [-0.05, 0) is 35.2 Å². The largest absolute Gasteiger partial charge is 0.399 e. The van der Waals surface area contributed by atoms with Gasteiger partial charge >= 0.3 is 0 Å². The number of rotatable bonds is 4. The van der Waals surface area contributed by atoms with E-state index in [0.717, 1.165) is 24.2 Å². The molecule has 0 spiro atoms. The molecule has 0 fully saturated rings. The van der Waals surface area contributed by atoms with Crippen molar-refractivity contribution in [3.05, 3.63) is 72.1 Å². The van der Waals surface area contributed by atoms with Gasteiger partial charge < -0.3 is 5.73 Å². The summed E-state index contributed by atoms with van der Waals surface area (Å²) in [6, 6.07) is 16.5. The molecular formula is C18H19N3. The van der Waals surface area contributed by atoms with Crippen LogP contribution in [0.15, 0.2) is 60.9 Å². The van der Waals surface area contributed by atoms with Crippen LogP contribution in [-0.4, -0.2) is 9.78 Å². The smallest absolute Gasteiger partial charge is 0.0659 e. The van der Waals surface area contributed by atoms with Crippen LogP contribution in [0.4, 0.5) is 5.69 Å². The van der Waals surface area contributed by atoms with E-state index in [1.807, 2.05) is 35.1 Å². The Morgan fingerprint density at radius 3 is 2.62 bits per heavy atom. The number of hydrogen-bond acceptors (Lipinski definition) is 2. The third-order valence-electron chi connectivity index (χ3n) is 3.68. The molecule has 21 heavy (non-hydrogen) atoms. The molecule has 0 aliphatic rings. The molecule has 3 heteroatoms. The molecule has 3 aromatic rings. The Labute approximate surface area is 125 Å². The normalized spacial score (nSPS) is 10.7. The van der Waals surface area contributed by atoms with Gasteiger partial charge in [0.1, 0.15) is 0 Å². The molecular weight excluding hydrogens is 258 g/mol. The molecule has 106 valence electrons. The van der Waals surface area contributed by atoms with Crippen LogP contribution in [0.1, 0.15) is 18.1 Å². The van der Waals surface area contributed by atoms with Gasteiger partial charge in [-0.3, -0.25) is 4.68 Å². The number of benzene rings is 2. The van der Waals surface area contributed by atoms with Crippen molar-refractivity contribution >= 4 is 5.69 Å². The lowest BCUT2D eigenvalue weighted by atomic mass is 10.0. The van der Waals surface area contributed by atoms with Crippen molar-refractivity contribution in [2.24, 2.45) is 0 Å². The molecule has 0 saturated heterocycles. The predicted octanol–water partition coefficient (Wildman–Crippen LogP) is 3.74. The summed E-state index contributed by atoms with van der Waals surface area (Å²) in [5.74, 6) is 0. The number of nitrogens with two attached hydrogens (primary N) is 1. The zero-order valence-electron chi connectivity index (χ0n) is 12.2. The number of nitrogens with zero attached hydrogens (tertiary/aromatic N) is 2. The van der Waals surface area contributed by atoms with Gasteiger partial charge in [0.05, 0.1) is 12.7 Å². The molecule has 0 atom stereocenters. The van der Waals surface area contributed by atoms with Crippen molar-refractivity contribution in [1.29, 1.82) is 0 Å². The molecule has 2 aromatic carbocycles. The fraction of sp³-hybridized carbons (Fsp3) is 0.167. The van der Waals surface area contributed by atoms with Gasteiger partial charge in [-0.2, -0.15) is 5.10 Å². The second-order valence-electron chi connectivity index (χ2n) is 5.18. The standard InChI is InChI=1S/C18H19N3/c1-2-15-10-16(8-9-18(15)19)17-11-20-21(13-17)12-14-6-4-3-5-7-14/h3-11,13H,2,12,19H2,1H3. The second-order valence-corrected chi connectivity index (χ2v) is 5.18. The van der Waals surface area contributed by atoms with Gasteiger partial charge in [0.25, 0.3) is 0 Å². The summed E-state index contributed by atoms with van der Waals surface area (Å²) in [4.78, 5) is 0. The van der Waals surface area contributed by atoms with Crippen molar-refractivity contribution in [2.75, 3.05) is 5.73 Å². The van der Waals surface area contributed by atoms with E-state index in [2.05, 4.69) is 42.5 Å². The monoisotopic (exact) mass is 277 g/mol. The molecule has 3 nitrogen and oxygen atoms in total. The van der Waals surface area contributed by atoms with E-state index < -0.39 is 0 Å². The lowest BCUT2D eigenvalue weighted by Crippen LogP contribution is -1.99. The zero-order chi connectivity index (χ0) is 14.7. The summed E-state index contributed by atoms with van der Waals surface area (Å²) < 4.78 is 1.96. The van der Waals surface area contributed by atoms with E-state index in [1.165, 1.54) is 16.7 Å². The van der Waals surface area contributed by atoms with Crippen LogP contribution in [0.25, 0.3) is 11.1 Å². The zero-order valence-corrected chi connectivity index (χ0v) is 12.2. The first-order chi connectivity index (χ1) is 10.3. The SMILES string of the molecule is CCc1cc(-c2cnn(Cc3ccccc3)c2)ccc1N. The van der Waals surface area contributed by atoms with Crippen molar-refractivity contribution < 1.29 is 0 Å². The molecule has 3 rings (SSSR count). The Hall–Kier alpha value is -2.55. The number of aryl methyl sites for hydroxylation is 1. The van der Waals surface area contributed by atoms with Crippen LogP contribution < -0.4 is 5.73 Å². The van der Waals surface area contributed by atoms with Gasteiger partial charge in [-0.15, -0.1) is 0 Å². The maximum atomic E-state index is 5.96. The molecule has 0 aliphatic carbocycles. The second kappa shape index (κ2) is 5.83. The minimum Gasteiger partial charge on any atom is -0.399 e. The first-order valence-corrected chi connectivity index (χ1v) is 7.21.